The summed E-state index contributed by atoms with van der Waals surface area (Å²) in [4.78, 5) is 72.9. The van der Waals surface area contributed by atoms with Crippen molar-refractivity contribution in [3.8, 4) is 0 Å². The number of unbranched alkanes of at least 4 members (excludes halogenated alkanes) is 40. The van der Waals surface area contributed by atoms with E-state index in [9.17, 15) is 43.2 Å². The number of phosphoric ester groups is 2. The fourth-order valence-electron chi connectivity index (χ4n) is 11.9. The molecule has 0 saturated carbocycles. The Morgan fingerprint density at radius 1 is 0.289 bits per heavy atom. The Morgan fingerprint density at radius 2 is 0.495 bits per heavy atom. The van der Waals surface area contributed by atoms with Gasteiger partial charge in [-0.1, -0.05) is 344 Å². The van der Waals surface area contributed by atoms with Gasteiger partial charge in [0.25, 0.3) is 0 Å². The molecule has 17 nitrogen and oxygen atoms in total. The molecular weight excluding hydrogens is 1270 g/mol. The van der Waals surface area contributed by atoms with Crippen LogP contribution in [0.5, 0.6) is 0 Å². The molecular formula is C78H152O17P2. The molecule has 0 aromatic heterocycles. The fourth-order valence-corrected chi connectivity index (χ4v) is 13.5. The Hall–Kier alpha value is -1.94. The lowest BCUT2D eigenvalue weighted by Crippen LogP contribution is -2.30. The third kappa shape index (κ3) is 70.9. The lowest BCUT2D eigenvalue weighted by molar-refractivity contribution is -0.161. The molecule has 0 spiro atoms. The van der Waals surface area contributed by atoms with E-state index in [2.05, 4.69) is 55.4 Å². The second-order valence-electron chi connectivity index (χ2n) is 29.8. The maximum Gasteiger partial charge on any atom is 0.472 e. The zero-order valence-corrected chi connectivity index (χ0v) is 65.5. The molecule has 0 saturated heterocycles. The van der Waals surface area contributed by atoms with E-state index in [0.717, 1.165) is 114 Å². The van der Waals surface area contributed by atoms with Gasteiger partial charge in [-0.25, -0.2) is 9.13 Å². The van der Waals surface area contributed by atoms with Gasteiger partial charge in [-0.05, 0) is 49.4 Å². The third-order valence-corrected chi connectivity index (χ3v) is 20.3. The van der Waals surface area contributed by atoms with Crippen LogP contribution in [0.25, 0.3) is 0 Å². The number of aliphatic hydroxyl groups is 1. The molecule has 0 aliphatic heterocycles. The summed E-state index contributed by atoms with van der Waals surface area (Å²) in [6.45, 7) is 14.2. The van der Waals surface area contributed by atoms with Gasteiger partial charge in [-0.2, -0.15) is 0 Å². The maximum atomic E-state index is 13.1. The summed E-state index contributed by atoms with van der Waals surface area (Å²) in [6, 6.07) is 0. The summed E-state index contributed by atoms with van der Waals surface area (Å²) in [5, 5.41) is 10.6. The second kappa shape index (κ2) is 67.2. The van der Waals surface area contributed by atoms with E-state index in [1.54, 1.807) is 0 Å². The molecule has 19 heteroatoms. The van der Waals surface area contributed by atoms with Crippen molar-refractivity contribution in [3.63, 3.8) is 0 Å². The SMILES string of the molecule is CCC(C)CCCCCCCCCCC(=O)O[C@H](COC(=O)CCCCCCCCCC(C)C)COP(=O)(O)OCC(O)COP(=O)(O)OC[C@@H](COC(=O)CCCCCCCCCCCCCCCCCCC(C)C)OC(=O)CCCCCCCCCCCCCCCC(C)C. The van der Waals surface area contributed by atoms with Crippen molar-refractivity contribution in [2.24, 2.45) is 23.7 Å². The Kier molecular flexibility index (Phi) is 65.9. The fraction of sp³-hybridized carbons (Fsp3) is 0.949. The number of hydrogen-bond acceptors (Lipinski definition) is 15. The van der Waals surface area contributed by atoms with Gasteiger partial charge in [0, 0.05) is 25.7 Å². The van der Waals surface area contributed by atoms with Crippen LogP contribution in [0.3, 0.4) is 0 Å². The Labute approximate surface area is 594 Å². The van der Waals surface area contributed by atoms with Gasteiger partial charge in [-0.3, -0.25) is 37.3 Å². The lowest BCUT2D eigenvalue weighted by atomic mass is 9.99. The van der Waals surface area contributed by atoms with Crippen molar-refractivity contribution < 1.29 is 80.2 Å². The molecule has 0 radical (unpaired) electrons. The van der Waals surface area contributed by atoms with Crippen LogP contribution >= 0.6 is 15.6 Å². The van der Waals surface area contributed by atoms with Crippen LogP contribution in [0, 0.1) is 23.7 Å². The van der Waals surface area contributed by atoms with Crippen LogP contribution in [0.2, 0.25) is 0 Å². The van der Waals surface area contributed by atoms with Gasteiger partial charge in [0.05, 0.1) is 26.4 Å². The summed E-state index contributed by atoms with van der Waals surface area (Å²) >= 11 is 0. The Bertz CT molecular complexity index is 1900. The summed E-state index contributed by atoms with van der Waals surface area (Å²) in [7, 11) is -9.92. The van der Waals surface area contributed by atoms with E-state index in [0.29, 0.717) is 31.6 Å². The lowest BCUT2D eigenvalue weighted by Gasteiger charge is -2.21. The molecule has 0 fully saturated rings. The number of hydrogen-bond donors (Lipinski definition) is 3. The first-order valence-corrected chi connectivity index (χ1v) is 43.2. The van der Waals surface area contributed by atoms with Crippen LogP contribution in [0.1, 0.15) is 396 Å². The van der Waals surface area contributed by atoms with Crippen molar-refractivity contribution in [2.45, 2.75) is 414 Å². The first kappa shape index (κ1) is 95.1. The van der Waals surface area contributed by atoms with Crippen LogP contribution in [-0.2, 0) is 65.4 Å². The molecule has 0 aromatic carbocycles. The highest BCUT2D eigenvalue weighted by molar-refractivity contribution is 7.47. The zero-order valence-electron chi connectivity index (χ0n) is 63.7. The van der Waals surface area contributed by atoms with Crippen LogP contribution in [-0.4, -0.2) is 96.7 Å². The quantitative estimate of drug-likeness (QED) is 0.0222. The highest BCUT2D eigenvalue weighted by Crippen LogP contribution is 2.45. The van der Waals surface area contributed by atoms with E-state index in [4.69, 9.17) is 37.0 Å². The van der Waals surface area contributed by atoms with Gasteiger partial charge in [0.2, 0.25) is 0 Å². The minimum atomic E-state index is -4.96. The van der Waals surface area contributed by atoms with Gasteiger partial charge in [0.15, 0.2) is 12.2 Å². The average Bonchev–Trinajstić information content (AvgIpc) is 2.19. The largest absolute Gasteiger partial charge is 0.472 e. The summed E-state index contributed by atoms with van der Waals surface area (Å²) in [5.41, 5.74) is 0. The summed E-state index contributed by atoms with van der Waals surface area (Å²) < 4.78 is 68.6. The molecule has 0 aliphatic rings. The van der Waals surface area contributed by atoms with E-state index in [1.807, 2.05) is 0 Å². The Morgan fingerprint density at radius 3 is 0.732 bits per heavy atom. The number of esters is 4. The van der Waals surface area contributed by atoms with Gasteiger partial charge in [0.1, 0.15) is 19.3 Å². The first-order chi connectivity index (χ1) is 46.6. The molecule has 4 unspecified atom stereocenters. The van der Waals surface area contributed by atoms with Crippen molar-refractivity contribution in [3.05, 3.63) is 0 Å². The maximum absolute atomic E-state index is 13.1. The molecule has 6 atom stereocenters. The topological polar surface area (TPSA) is 237 Å². The van der Waals surface area contributed by atoms with Crippen LogP contribution in [0.15, 0.2) is 0 Å². The number of ether oxygens (including phenoxy) is 4. The summed E-state index contributed by atoms with van der Waals surface area (Å²) in [5.74, 6) is 0.953. The molecule has 0 aliphatic carbocycles. The molecule has 576 valence electrons. The highest BCUT2D eigenvalue weighted by atomic mass is 31.2. The average molecular weight is 1420 g/mol. The standard InChI is InChI=1S/C78H152O17P2/c1-9-71(8)57-49-41-33-27-28-36-45-53-61-78(83)95-74(65-89-76(81)59-51-43-37-29-32-40-48-56-70(6)7)67-93-97(86,87)91-63-72(79)62-90-96(84,85)92-66-73(94-77(82)60-52-44-35-26-22-18-14-16-20-24-31-39-47-55-69(4)5)64-88-75(80)58-50-42-34-25-21-17-13-11-10-12-15-19-23-30-38-46-54-68(2)3/h68-74,79H,9-67H2,1-8H3,(H,84,85)(H,86,87)/t71?,72?,73-,74-/m1/s1. The highest BCUT2D eigenvalue weighted by Gasteiger charge is 2.30. The third-order valence-electron chi connectivity index (χ3n) is 18.4. The molecule has 3 N–H and O–H groups in total. The smallest absolute Gasteiger partial charge is 0.462 e. The van der Waals surface area contributed by atoms with Crippen molar-refractivity contribution in [1.29, 1.82) is 0 Å². The molecule has 0 amide bonds. The molecule has 0 heterocycles. The van der Waals surface area contributed by atoms with Gasteiger partial charge < -0.3 is 33.8 Å². The van der Waals surface area contributed by atoms with E-state index < -0.39 is 97.5 Å². The number of carbonyl (C=O) groups excluding carboxylic acids is 4. The second-order valence-corrected chi connectivity index (χ2v) is 32.7. The molecule has 0 rings (SSSR count). The van der Waals surface area contributed by atoms with Crippen molar-refractivity contribution in [2.75, 3.05) is 39.6 Å². The zero-order chi connectivity index (χ0) is 71.7. The van der Waals surface area contributed by atoms with E-state index in [-0.39, 0.29) is 25.7 Å². The summed E-state index contributed by atoms with van der Waals surface area (Å²) in [6.07, 6.45) is 52.8. The van der Waals surface area contributed by atoms with Gasteiger partial charge >= 0.3 is 39.5 Å². The Balaban J connectivity index is 5.23. The van der Waals surface area contributed by atoms with Crippen molar-refractivity contribution in [1.82, 2.24) is 0 Å². The van der Waals surface area contributed by atoms with Crippen LogP contribution < -0.4 is 0 Å². The predicted molar refractivity (Wildman–Crippen MR) is 395 cm³/mol. The molecule has 0 bridgehead atoms. The predicted octanol–water partition coefficient (Wildman–Crippen LogP) is 22.8. The monoisotopic (exact) mass is 1420 g/mol. The molecule has 97 heavy (non-hydrogen) atoms. The first-order valence-electron chi connectivity index (χ1n) is 40.2. The van der Waals surface area contributed by atoms with Gasteiger partial charge in [-0.15, -0.1) is 0 Å². The number of aliphatic hydroxyl groups excluding tert-OH is 1. The number of carbonyl (C=O) groups is 4. The normalized spacial score (nSPS) is 14.4. The van der Waals surface area contributed by atoms with E-state index in [1.165, 1.54) is 193 Å². The van der Waals surface area contributed by atoms with Crippen LogP contribution in [0.4, 0.5) is 0 Å². The minimum absolute atomic E-state index is 0.104. The van der Waals surface area contributed by atoms with Crippen molar-refractivity contribution >= 4 is 39.5 Å². The minimum Gasteiger partial charge on any atom is -0.462 e. The van der Waals surface area contributed by atoms with E-state index >= 15 is 0 Å². The molecule has 0 aromatic rings. The number of phosphoric acid groups is 2. The number of rotatable bonds is 75.